The molecular weight excluding hydrogens is 308 g/mol. The molecule has 0 aromatic rings. The average molecular weight is 322 g/mol. The van der Waals surface area contributed by atoms with Gasteiger partial charge in [0.25, 0.3) is 0 Å². The van der Waals surface area contributed by atoms with Crippen LogP contribution in [0.3, 0.4) is 0 Å². The van der Waals surface area contributed by atoms with Crippen LogP contribution >= 0.6 is 0 Å². The molecule has 12 atom stereocenters. The van der Waals surface area contributed by atoms with Gasteiger partial charge in [0, 0.05) is 23.7 Å². The number of carbonyl (C=O) groups excluding carboxylic acids is 4. The lowest BCUT2D eigenvalue weighted by Crippen LogP contribution is -2.69. The molecule has 4 bridgehead atoms. The van der Waals surface area contributed by atoms with Crippen LogP contribution in [0.25, 0.3) is 0 Å². The van der Waals surface area contributed by atoms with Crippen LogP contribution in [0.5, 0.6) is 0 Å². The number of cyclic esters (lactones) is 2. The molecule has 24 heavy (non-hydrogen) atoms. The molecule has 120 valence electrons. The van der Waals surface area contributed by atoms with E-state index in [2.05, 4.69) is 0 Å². The summed E-state index contributed by atoms with van der Waals surface area (Å²) in [6, 6.07) is 0. The number of rotatable bonds is 0. The fourth-order valence-corrected chi connectivity index (χ4v) is 10.0. The van der Waals surface area contributed by atoms with Crippen LogP contribution in [0.15, 0.2) is 12.2 Å². The number of ether oxygens (including phenoxy) is 1. The van der Waals surface area contributed by atoms with Gasteiger partial charge in [0.05, 0.1) is 22.7 Å². The summed E-state index contributed by atoms with van der Waals surface area (Å²) in [5.41, 5.74) is -1.37. The molecular formula is C19H14O5. The Morgan fingerprint density at radius 2 is 1.21 bits per heavy atom. The number of fused-ring (bicyclic) bond motifs is 1. The highest BCUT2D eigenvalue weighted by Gasteiger charge is 2.99. The number of hydrogen-bond donors (Lipinski definition) is 0. The molecule has 8 aliphatic carbocycles. The van der Waals surface area contributed by atoms with E-state index >= 15 is 0 Å². The third-order valence-electron chi connectivity index (χ3n) is 9.86. The molecule has 7 fully saturated rings. The zero-order valence-corrected chi connectivity index (χ0v) is 12.7. The molecule has 0 unspecified atom stereocenters. The number of carbonyl (C=O) groups is 4. The first-order valence-corrected chi connectivity index (χ1v) is 9.10. The Kier molecular flexibility index (Phi) is 1.34. The fourth-order valence-electron chi connectivity index (χ4n) is 10.0. The van der Waals surface area contributed by atoms with E-state index in [1.807, 2.05) is 12.2 Å². The van der Waals surface area contributed by atoms with Gasteiger partial charge in [-0.1, -0.05) is 12.2 Å². The van der Waals surface area contributed by atoms with E-state index in [-0.39, 0.29) is 47.1 Å². The number of allylic oxidation sites excluding steroid dienone is 2. The molecule has 5 heteroatoms. The molecule has 1 saturated heterocycles. The number of ketones is 2. The van der Waals surface area contributed by atoms with Crippen molar-refractivity contribution in [2.75, 3.05) is 0 Å². The standard InChI is InChI=1S/C19H14O5/c20-14-12-8-6-3-7-9(8)13(12)15(21)19(7)5-2-1-4(18(6,14)19)10-11(5)17(23)24-16(10)22/h1-2,4-13H,3H2/t4-,5+,6-,7-,8+,9-,10+,11-,12+,13-,18+,19-/m1/s1. The van der Waals surface area contributed by atoms with E-state index < -0.39 is 34.6 Å². The van der Waals surface area contributed by atoms with Gasteiger partial charge in [-0.2, -0.15) is 0 Å². The molecule has 0 aromatic heterocycles. The second-order valence-corrected chi connectivity index (χ2v) is 9.35. The maximum Gasteiger partial charge on any atom is 0.318 e. The van der Waals surface area contributed by atoms with Gasteiger partial charge >= 0.3 is 11.9 Å². The van der Waals surface area contributed by atoms with Gasteiger partial charge in [-0.05, 0) is 30.1 Å². The Morgan fingerprint density at radius 1 is 0.750 bits per heavy atom. The Hall–Kier alpha value is -1.78. The van der Waals surface area contributed by atoms with E-state index in [4.69, 9.17) is 4.74 Å². The second-order valence-electron chi connectivity index (χ2n) is 9.35. The topological polar surface area (TPSA) is 77.5 Å². The van der Waals surface area contributed by atoms with E-state index in [1.165, 1.54) is 0 Å². The Labute approximate surface area is 136 Å². The summed E-state index contributed by atoms with van der Waals surface area (Å²) in [4.78, 5) is 51.9. The van der Waals surface area contributed by atoms with Crippen molar-refractivity contribution in [3.05, 3.63) is 12.2 Å². The zero-order valence-electron chi connectivity index (χ0n) is 12.7. The molecule has 5 nitrogen and oxygen atoms in total. The summed E-state index contributed by atoms with van der Waals surface area (Å²) in [7, 11) is 0. The summed E-state index contributed by atoms with van der Waals surface area (Å²) < 4.78 is 4.99. The minimum atomic E-state index is -0.683. The summed E-state index contributed by atoms with van der Waals surface area (Å²) in [6.45, 7) is 0. The van der Waals surface area contributed by atoms with E-state index in [9.17, 15) is 19.2 Å². The van der Waals surface area contributed by atoms with Crippen molar-refractivity contribution >= 4 is 23.5 Å². The van der Waals surface area contributed by atoms with Crippen LogP contribution in [-0.2, 0) is 23.9 Å². The predicted molar refractivity (Wildman–Crippen MR) is 74.6 cm³/mol. The Bertz CT molecular complexity index is 831. The number of hydrogen-bond acceptors (Lipinski definition) is 5. The minimum Gasteiger partial charge on any atom is -0.393 e. The first-order chi connectivity index (χ1) is 11.6. The van der Waals surface area contributed by atoms with Crippen molar-refractivity contribution < 1.29 is 23.9 Å². The average Bonchev–Trinajstić information content (AvgIpc) is 3.15. The predicted octanol–water partition coefficient (Wildman–Crippen LogP) is 0.384. The van der Waals surface area contributed by atoms with Gasteiger partial charge in [-0.15, -0.1) is 0 Å². The quantitative estimate of drug-likeness (QED) is 0.366. The molecule has 0 N–H and O–H groups in total. The SMILES string of the molecule is O=C1OC(=O)[C@H]2[C@@H]1[C@H]1C=C[C@@H]2[C@@]23C(=O)[C@H]4[C@H]5C(=O)[C@@]12[C@@H]1C[C@@H]3[C@@H]4[C@@H]51. The van der Waals surface area contributed by atoms with Gasteiger partial charge in [0.1, 0.15) is 11.6 Å². The second kappa shape index (κ2) is 2.74. The molecule has 6 saturated carbocycles. The Morgan fingerprint density at radius 3 is 1.67 bits per heavy atom. The van der Waals surface area contributed by atoms with Gasteiger partial charge in [0.2, 0.25) is 0 Å². The number of Topliss-reactive ketones (excluding diaryl/α,β-unsaturated/α-hetero) is 2. The van der Waals surface area contributed by atoms with E-state index in [0.29, 0.717) is 11.8 Å². The third kappa shape index (κ3) is 0.638. The normalized spacial score (nSPS) is 70.3. The van der Waals surface area contributed by atoms with Crippen LogP contribution in [0, 0.1) is 70.0 Å². The molecule has 2 spiro atoms. The van der Waals surface area contributed by atoms with Crippen molar-refractivity contribution in [1.82, 2.24) is 0 Å². The first-order valence-electron chi connectivity index (χ1n) is 9.10. The lowest BCUT2D eigenvalue weighted by molar-refractivity contribution is -0.183. The largest absolute Gasteiger partial charge is 0.393 e. The molecule has 0 amide bonds. The van der Waals surface area contributed by atoms with Crippen LogP contribution in [0.1, 0.15) is 6.42 Å². The molecule has 1 heterocycles. The van der Waals surface area contributed by atoms with E-state index in [1.54, 1.807) is 0 Å². The van der Waals surface area contributed by atoms with Crippen LogP contribution in [0.4, 0.5) is 0 Å². The summed E-state index contributed by atoms with van der Waals surface area (Å²) >= 11 is 0. The molecule has 0 radical (unpaired) electrons. The highest BCUT2D eigenvalue weighted by atomic mass is 16.6. The van der Waals surface area contributed by atoms with Crippen molar-refractivity contribution in [3.63, 3.8) is 0 Å². The van der Waals surface area contributed by atoms with Crippen LogP contribution in [-0.4, -0.2) is 23.5 Å². The summed E-state index contributed by atoms with van der Waals surface area (Å²) in [5, 5.41) is 0. The maximum absolute atomic E-state index is 13.5. The molecule has 1 aliphatic heterocycles. The lowest BCUT2D eigenvalue weighted by atomic mass is 9.37. The minimum absolute atomic E-state index is 0.0764. The highest BCUT2D eigenvalue weighted by molar-refractivity contribution is 6.14. The van der Waals surface area contributed by atoms with Crippen molar-refractivity contribution in [3.8, 4) is 0 Å². The van der Waals surface area contributed by atoms with Gasteiger partial charge in [-0.3, -0.25) is 19.2 Å². The zero-order chi connectivity index (χ0) is 15.9. The van der Waals surface area contributed by atoms with Crippen LogP contribution in [0.2, 0.25) is 0 Å². The molecule has 0 aromatic carbocycles. The summed E-state index contributed by atoms with van der Waals surface area (Å²) in [6.07, 6.45) is 4.95. The Balaban J connectivity index is 1.53. The highest BCUT2D eigenvalue weighted by Crippen LogP contribution is 2.94. The smallest absolute Gasteiger partial charge is 0.318 e. The first kappa shape index (κ1) is 11.7. The summed E-state index contributed by atoms with van der Waals surface area (Å²) in [5.74, 6) is -0.954. The molecule has 9 rings (SSSR count). The van der Waals surface area contributed by atoms with Crippen molar-refractivity contribution in [2.24, 2.45) is 70.0 Å². The fraction of sp³-hybridized carbons (Fsp3) is 0.684. The monoisotopic (exact) mass is 322 g/mol. The number of esters is 2. The molecule has 9 aliphatic rings. The third-order valence-corrected chi connectivity index (χ3v) is 9.86. The van der Waals surface area contributed by atoms with Crippen LogP contribution < -0.4 is 0 Å². The van der Waals surface area contributed by atoms with Crippen molar-refractivity contribution in [1.29, 1.82) is 0 Å². The lowest BCUT2D eigenvalue weighted by Gasteiger charge is -2.62. The van der Waals surface area contributed by atoms with Gasteiger partial charge in [0.15, 0.2) is 0 Å². The van der Waals surface area contributed by atoms with Gasteiger partial charge in [-0.25, -0.2) is 0 Å². The van der Waals surface area contributed by atoms with Gasteiger partial charge < -0.3 is 4.74 Å². The maximum atomic E-state index is 13.5. The van der Waals surface area contributed by atoms with Crippen molar-refractivity contribution in [2.45, 2.75) is 6.42 Å². The van der Waals surface area contributed by atoms with E-state index in [0.717, 1.165) is 6.42 Å².